The molecule has 1 amide bonds. The maximum absolute atomic E-state index is 10.5. The monoisotopic (exact) mass is 253 g/mol. The first-order chi connectivity index (χ1) is 6.65. The predicted octanol–water partition coefficient (Wildman–Crippen LogP) is 1.22. The summed E-state index contributed by atoms with van der Waals surface area (Å²) in [5.41, 5.74) is 6.04. The number of carbonyl (C=O) groups is 1. The van der Waals surface area contributed by atoms with E-state index in [2.05, 4.69) is 21.2 Å². The average Bonchev–Trinajstić information content (AvgIpc) is 2.14. The lowest BCUT2D eigenvalue weighted by atomic mass is 10.2. The third-order valence-electron chi connectivity index (χ3n) is 1.58. The molecule has 0 unspecified atom stereocenters. The molecule has 0 aliphatic heterocycles. The lowest BCUT2D eigenvalue weighted by Gasteiger charge is -2.06. The summed E-state index contributed by atoms with van der Waals surface area (Å²) in [6, 6.07) is 7.27. The molecule has 0 atom stereocenters. The second kappa shape index (κ2) is 4.63. The van der Waals surface area contributed by atoms with E-state index in [-0.39, 0.29) is 6.54 Å². The highest BCUT2D eigenvalue weighted by atomic mass is 79.9. The van der Waals surface area contributed by atoms with E-state index >= 15 is 0 Å². The smallest absolute Gasteiger partial charge is 0.236 e. The van der Waals surface area contributed by atoms with Gasteiger partial charge in [0, 0.05) is 4.47 Å². The van der Waals surface area contributed by atoms with Gasteiger partial charge in [0.2, 0.25) is 5.91 Å². The number of primary amides is 1. The molecule has 0 fully saturated rings. The summed E-state index contributed by atoms with van der Waals surface area (Å²) >= 11 is 3.24. The topological polar surface area (TPSA) is 78.9 Å². The second-order valence-electron chi connectivity index (χ2n) is 2.59. The van der Waals surface area contributed by atoms with Crippen molar-refractivity contribution in [2.75, 3.05) is 11.9 Å². The maximum Gasteiger partial charge on any atom is 0.236 e. The molecule has 1 aromatic rings. The number of benzene rings is 1. The van der Waals surface area contributed by atoms with E-state index in [0.717, 1.165) is 0 Å². The Labute approximate surface area is 89.8 Å². The number of nitrogens with two attached hydrogens (primary N) is 1. The third-order valence-corrected chi connectivity index (χ3v) is 2.24. The van der Waals surface area contributed by atoms with Crippen molar-refractivity contribution in [2.45, 2.75) is 0 Å². The molecular formula is C9H8BrN3O. The summed E-state index contributed by atoms with van der Waals surface area (Å²) in [4.78, 5) is 10.5. The van der Waals surface area contributed by atoms with Crippen molar-refractivity contribution >= 4 is 27.5 Å². The van der Waals surface area contributed by atoms with Gasteiger partial charge < -0.3 is 11.1 Å². The highest BCUT2D eigenvalue weighted by molar-refractivity contribution is 9.10. The minimum absolute atomic E-state index is 0.0190. The molecule has 0 saturated carbocycles. The van der Waals surface area contributed by atoms with E-state index in [1.807, 2.05) is 6.07 Å². The molecule has 4 nitrogen and oxygen atoms in total. The number of hydrogen-bond acceptors (Lipinski definition) is 3. The zero-order chi connectivity index (χ0) is 10.6. The van der Waals surface area contributed by atoms with Crippen molar-refractivity contribution in [3.63, 3.8) is 0 Å². The highest BCUT2D eigenvalue weighted by Crippen LogP contribution is 2.23. The molecule has 0 saturated heterocycles. The Hall–Kier alpha value is -1.54. The Balaban J connectivity index is 2.92. The molecular weight excluding hydrogens is 246 g/mol. The van der Waals surface area contributed by atoms with Gasteiger partial charge in [-0.25, -0.2) is 0 Å². The Morgan fingerprint density at radius 1 is 1.64 bits per heavy atom. The van der Waals surface area contributed by atoms with Crippen molar-refractivity contribution in [1.82, 2.24) is 0 Å². The van der Waals surface area contributed by atoms with Crippen LogP contribution in [0.4, 0.5) is 5.69 Å². The fourth-order valence-corrected chi connectivity index (χ4v) is 1.42. The first kappa shape index (κ1) is 10.5. The van der Waals surface area contributed by atoms with Crippen molar-refractivity contribution in [3.8, 4) is 6.07 Å². The van der Waals surface area contributed by atoms with Crippen molar-refractivity contribution in [2.24, 2.45) is 5.73 Å². The summed E-state index contributed by atoms with van der Waals surface area (Å²) in [5, 5.41) is 11.6. The molecule has 14 heavy (non-hydrogen) atoms. The fourth-order valence-electron chi connectivity index (χ4n) is 0.967. The number of halogens is 1. The van der Waals surface area contributed by atoms with Crippen LogP contribution in [0.5, 0.6) is 0 Å². The van der Waals surface area contributed by atoms with Gasteiger partial charge in [0.15, 0.2) is 0 Å². The summed E-state index contributed by atoms with van der Waals surface area (Å²) in [6.07, 6.45) is 0. The molecule has 72 valence electrons. The molecule has 0 aliphatic rings. The van der Waals surface area contributed by atoms with Crippen molar-refractivity contribution in [3.05, 3.63) is 28.2 Å². The van der Waals surface area contributed by atoms with Gasteiger partial charge in [0.1, 0.15) is 6.07 Å². The number of carbonyl (C=O) groups excluding carboxylic acids is 1. The van der Waals surface area contributed by atoms with Crippen LogP contribution < -0.4 is 11.1 Å². The molecule has 1 rings (SSSR count). The van der Waals surface area contributed by atoms with Crippen LogP contribution in [0.15, 0.2) is 22.7 Å². The number of rotatable bonds is 3. The van der Waals surface area contributed by atoms with Crippen LogP contribution in [-0.4, -0.2) is 12.5 Å². The Morgan fingerprint density at radius 2 is 2.36 bits per heavy atom. The molecule has 0 aromatic heterocycles. The van der Waals surface area contributed by atoms with Gasteiger partial charge in [0.05, 0.1) is 17.8 Å². The summed E-state index contributed by atoms with van der Waals surface area (Å²) in [7, 11) is 0. The van der Waals surface area contributed by atoms with Crippen LogP contribution in [0, 0.1) is 11.3 Å². The number of nitriles is 1. The second-order valence-corrected chi connectivity index (χ2v) is 3.45. The zero-order valence-corrected chi connectivity index (χ0v) is 8.84. The van der Waals surface area contributed by atoms with E-state index in [1.54, 1.807) is 18.2 Å². The molecule has 5 heteroatoms. The van der Waals surface area contributed by atoms with Gasteiger partial charge in [-0.05, 0) is 28.1 Å². The lowest BCUT2D eigenvalue weighted by molar-refractivity contribution is -0.116. The largest absolute Gasteiger partial charge is 0.375 e. The van der Waals surface area contributed by atoms with Crippen molar-refractivity contribution < 1.29 is 4.79 Å². The Kier molecular flexibility index (Phi) is 3.48. The van der Waals surface area contributed by atoms with Gasteiger partial charge in [-0.15, -0.1) is 0 Å². The SMILES string of the molecule is N#Cc1c(Br)cccc1NCC(N)=O. The Morgan fingerprint density at radius 3 is 2.93 bits per heavy atom. The fraction of sp³-hybridized carbons (Fsp3) is 0.111. The van der Waals surface area contributed by atoms with Crippen LogP contribution in [0.2, 0.25) is 0 Å². The maximum atomic E-state index is 10.5. The summed E-state index contributed by atoms with van der Waals surface area (Å²) in [5.74, 6) is -0.464. The number of amides is 1. The van der Waals surface area contributed by atoms with Gasteiger partial charge >= 0.3 is 0 Å². The molecule has 3 N–H and O–H groups in total. The molecule has 0 bridgehead atoms. The molecule has 1 aromatic carbocycles. The van der Waals surface area contributed by atoms with E-state index in [4.69, 9.17) is 11.0 Å². The summed E-state index contributed by atoms with van der Waals surface area (Å²) in [6.45, 7) is 0.0190. The first-order valence-corrected chi connectivity index (χ1v) is 4.65. The quantitative estimate of drug-likeness (QED) is 0.851. The Bertz CT molecular complexity index is 398. The van der Waals surface area contributed by atoms with Gasteiger partial charge in [-0.2, -0.15) is 5.26 Å². The van der Waals surface area contributed by atoms with Crippen LogP contribution in [0.1, 0.15) is 5.56 Å². The minimum atomic E-state index is -0.464. The molecule has 0 heterocycles. The molecule has 0 aliphatic carbocycles. The average molecular weight is 254 g/mol. The zero-order valence-electron chi connectivity index (χ0n) is 7.25. The number of anilines is 1. The molecule has 0 radical (unpaired) electrons. The predicted molar refractivity (Wildman–Crippen MR) is 56.5 cm³/mol. The third kappa shape index (κ3) is 2.47. The first-order valence-electron chi connectivity index (χ1n) is 3.86. The van der Waals surface area contributed by atoms with Gasteiger partial charge in [-0.3, -0.25) is 4.79 Å². The lowest BCUT2D eigenvalue weighted by Crippen LogP contribution is -2.22. The van der Waals surface area contributed by atoms with E-state index < -0.39 is 5.91 Å². The normalized spacial score (nSPS) is 9.14. The van der Waals surface area contributed by atoms with Crippen molar-refractivity contribution in [1.29, 1.82) is 5.26 Å². The van der Waals surface area contributed by atoms with Crippen LogP contribution in [-0.2, 0) is 4.79 Å². The van der Waals surface area contributed by atoms with Crippen LogP contribution in [0.25, 0.3) is 0 Å². The number of nitrogens with one attached hydrogen (secondary N) is 1. The standard InChI is InChI=1S/C9H8BrN3O/c10-7-2-1-3-8(6(7)4-11)13-5-9(12)14/h1-3,13H,5H2,(H2,12,14). The van der Waals surface area contributed by atoms with Crippen LogP contribution >= 0.6 is 15.9 Å². The minimum Gasteiger partial charge on any atom is -0.375 e. The van der Waals surface area contributed by atoms with Crippen LogP contribution in [0.3, 0.4) is 0 Å². The van der Waals surface area contributed by atoms with E-state index in [1.165, 1.54) is 0 Å². The van der Waals surface area contributed by atoms with E-state index in [9.17, 15) is 4.79 Å². The number of nitrogens with zero attached hydrogens (tertiary/aromatic N) is 1. The summed E-state index contributed by atoms with van der Waals surface area (Å²) < 4.78 is 0.689. The van der Waals surface area contributed by atoms with Gasteiger partial charge in [0.25, 0.3) is 0 Å². The van der Waals surface area contributed by atoms with Gasteiger partial charge in [-0.1, -0.05) is 6.07 Å². The highest BCUT2D eigenvalue weighted by Gasteiger charge is 2.05. The molecule has 0 spiro atoms. The van der Waals surface area contributed by atoms with E-state index in [0.29, 0.717) is 15.7 Å². The number of hydrogen-bond donors (Lipinski definition) is 2.